The summed E-state index contributed by atoms with van der Waals surface area (Å²) in [5.74, 6) is 0.921. The van der Waals surface area contributed by atoms with Crippen molar-refractivity contribution in [3.63, 3.8) is 0 Å². The molecule has 0 aliphatic carbocycles. The second kappa shape index (κ2) is 6.16. The Balaban J connectivity index is 2.69. The highest BCUT2D eigenvalue weighted by Gasteiger charge is 2.22. The highest BCUT2D eigenvalue weighted by Crippen LogP contribution is 2.22. The molecule has 96 valence electrons. The molecule has 1 rings (SSSR count). The van der Waals surface area contributed by atoms with E-state index < -0.39 is 5.60 Å². The quantitative estimate of drug-likeness (QED) is 0.843. The average Bonchev–Trinajstić information content (AvgIpc) is 2.37. The molecule has 0 saturated heterocycles. The summed E-state index contributed by atoms with van der Waals surface area (Å²) in [5.41, 5.74) is -0.719. The summed E-state index contributed by atoms with van der Waals surface area (Å²) >= 11 is 3.28. The van der Waals surface area contributed by atoms with Gasteiger partial charge in [-0.3, -0.25) is 0 Å². The van der Waals surface area contributed by atoms with Gasteiger partial charge >= 0.3 is 0 Å². The molecule has 0 radical (unpaired) electrons. The minimum atomic E-state index is -0.719. The monoisotopic (exact) mass is 303 g/mol. The lowest BCUT2D eigenvalue weighted by Crippen LogP contribution is -2.35. The van der Waals surface area contributed by atoms with E-state index in [0.29, 0.717) is 35.7 Å². The zero-order valence-corrected chi connectivity index (χ0v) is 11.9. The molecule has 0 amide bonds. The molecule has 0 atom stereocenters. The second-order valence-electron chi connectivity index (χ2n) is 3.84. The minimum Gasteiger partial charge on any atom is -0.480 e. The van der Waals surface area contributed by atoms with Gasteiger partial charge in [0, 0.05) is 6.54 Å². The number of rotatable bonds is 6. The van der Waals surface area contributed by atoms with Gasteiger partial charge in [-0.15, -0.1) is 0 Å². The maximum absolute atomic E-state index is 10.1. The third-order valence-corrected chi connectivity index (χ3v) is 3.34. The summed E-state index contributed by atoms with van der Waals surface area (Å²) in [7, 11) is 1.55. The van der Waals surface area contributed by atoms with Crippen LogP contribution in [0, 0.1) is 0 Å². The third kappa shape index (κ3) is 3.81. The Morgan fingerprint density at radius 2 is 2.12 bits per heavy atom. The molecule has 17 heavy (non-hydrogen) atoms. The van der Waals surface area contributed by atoms with E-state index in [9.17, 15) is 5.11 Å². The molecule has 1 heterocycles. The summed E-state index contributed by atoms with van der Waals surface area (Å²) in [4.78, 5) is 8.26. The van der Waals surface area contributed by atoms with Gasteiger partial charge < -0.3 is 15.2 Å². The Hall–Kier alpha value is -0.880. The van der Waals surface area contributed by atoms with Crippen LogP contribution in [0.4, 0.5) is 5.95 Å². The molecule has 0 spiro atoms. The summed E-state index contributed by atoms with van der Waals surface area (Å²) in [5, 5.41) is 13.1. The van der Waals surface area contributed by atoms with Gasteiger partial charge in [-0.25, -0.2) is 4.98 Å². The Bertz CT molecular complexity index is 370. The summed E-state index contributed by atoms with van der Waals surface area (Å²) < 4.78 is 5.77. The number of nitrogens with zero attached hydrogens (tertiary/aromatic N) is 2. The lowest BCUT2D eigenvalue weighted by Gasteiger charge is -2.25. The molecule has 0 aliphatic rings. The summed E-state index contributed by atoms with van der Waals surface area (Å²) in [6, 6.07) is 0. The summed E-state index contributed by atoms with van der Waals surface area (Å²) in [6.07, 6.45) is 2.99. The van der Waals surface area contributed by atoms with Crippen LogP contribution in [0.25, 0.3) is 0 Å². The van der Waals surface area contributed by atoms with Crippen molar-refractivity contribution in [1.29, 1.82) is 0 Å². The van der Waals surface area contributed by atoms with Gasteiger partial charge in [0.25, 0.3) is 0 Å². The Labute approximate surface area is 110 Å². The number of aliphatic hydroxyl groups is 1. The topological polar surface area (TPSA) is 67.3 Å². The average molecular weight is 304 g/mol. The van der Waals surface area contributed by atoms with E-state index in [-0.39, 0.29) is 0 Å². The Morgan fingerprint density at radius 3 is 2.65 bits per heavy atom. The first kappa shape index (κ1) is 14.2. The van der Waals surface area contributed by atoms with Gasteiger partial charge in [0.15, 0.2) is 0 Å². The predicted molar refractivity (Wildman–Crippen MR) is 70.3 cm³/mol. The molecule has 1 aromatic rings. The van der Waals surface area contributed by atoms with Crippen LogP contribution in [0.5, 0.6) is 5.88 Å². The maximum Gasteiger partial charge on any atom is 0.232 e. The number of anilines is 1. The number of hydrogen-bond donors (Lipinski definition) is 2. The van der Waals surface area contributed by atoms with Crippen LogP contribution in [0.2, 0.25) is 0 Å². The number of methoxy groups -OCH3 is 1. The second-order valence-corrected chi connectivity index (χ2v) is 4.69. The smallest absolute Gasteiger partial charge is 0.232 e. The number of aromatic nitrogens is 2. The van der Waals surface area contributed by atoms with Gasteiger partial charge in [-0.1, -0.05) is 13.8 Å². The van der Waals surface area contributed by atoms with Crippen LogP contribution in [0.1, 0.15) is 26.7 Å². The largest absolute Gasteiger partial charge is 0.480 e. The molecule has 6 heteroatoms. The molecule has 0 saturated carbocycles. The standard InChI is InChI=1S/C11H18BrN3O2/c1-4-11(16,5-2)7-14-10-13-6-8(12)9(15-10)17-3/h6,16H,4-5,7H2,1-3H3,(H,13,14,15). The molecule has 0 aromatic carbocycles. The van der Waals surface area contributed by atoms with Crippen LogP contribution < -0.4 is 10.1 Å². The lowest BCUT2D eigenvalue weighted by molar-refractivity contribution is 0.0455. The van der Waals surface area contributed by atoms with Crippen LogP contribution in [0.15, 0.2) is 10.7 Å². The molecule has 0 bridgehead atoms. The first-order valence-corrected chi connectivity index (χ1v) is 6.36. The highest BCUT2D eigenvalue weighted by molar-refractivity contribution is 9.10. The molecule has 0 unspecified atom stereocenters. The van der Waals surface area contributed by atoms with Gasteiger partial charge in [0.2, 0.25) is 11.8 Å². The van der Waals surface area contributed by atoms with E-state index in [4.69, 9.17) is 4.74 Å². The SMILES string of the molecule is CCC(O)(CC)CNc1ncc(Br)c(OC)n1. The van der Waals surface area contributed by atoms with E-state index in [0.717, 1.165) is 0 Å². The van der Waals surface area contributed by atoms with Gasteiger partial charge in [0.1, 0.15) is 0 Å². The highest BCUT2D eigenvalue weighted by atomic mass is 79.9. The normalized spacial score (nSPS) is 11.4. The first-order valence-electron chi connectivity index (χ1n) is 5.57. The molecular formula is C11H18BrN3O2. The molecular weight excluding hydrogens is 286 g/mol. The van der Waals surface area contributed by atoms with Crippen molar-refractivity contribution in [1.82, 2.24) is 9.97 Å². The van der Waals surface area contributed by atoms with Crippen molar-refractivity contribution in [2.75, 3.05) is 19.0 Å². The molecule has 1 aromatic heterocycles. The molecule has 5 nitrogen and oxygen atoms in total. The zero-order chi connectivity index (χ0) is 12.9. The third-order valence-electron chi connectivity index (χ3n) is 2.80. The van der Waals surface area contributed by atoms with Crippen LogP contribution in [0.3, 0.4) is 0 Å². The fourth-order valence-corrected chi connectivity index (χ4v) is 1.68. The zero-order valence-electron chi connectivity index (χ0n) is 10.3. The fraction of sp³-hybridized carbons (Fsp3) is 0.636. The van der Waals surface area contributed by atoms with E-state index >= 15 is 0 Å². The number of hydrogen-bond acceptors (Lipinski definition) is 5. The first-order chi connectivity index (χ1) is 8.04. The molecule has 0 fully saturated rings. The van der Waals surface area contributed by atoms with Gasteiger partial charge in [-0.2, -0.15) is 4.98 Å². The molecule has 0 aliphatic heterocycles. The number of halogens is 1. The van der Waals surface area contributed by atoms with Gasteiger partial charge in [0.05, 0.1) is 23.4 Å². The van der Waals surface area contributed by atoms with Crippen molar-refractivity contribution in [2.45, 2.75) is 32.3 Å². The van der Waals surface area contributed by atoms with Crippen LogP contribution in [-0.4, -0.2) is 34.3 Å². The van der Waals surface area contributed by atoms with E-state index in [1.807, 2.05) is 13.8 Å². The van der Waals surface area contributed by atoms with Crippen molar-refractivity contribution in [3.05, 3.63) is 10.7 Å². The van der Waals surface area contributed by atoms with E-state index in [1.165, 1.54) is 0 Å². The number of nitrogens with one attached hydrogen (secondary N) is 1. The fourth-order valence-electron chi connectivity index (χ4n) is 1.32. The lowest BCUT2D eigenvalue weighted by atomic mass is 9.98. The van der Waals surface area contributed by atoms with Gasteiger partial charge in [-0.05, 0) is 28.8 Å². The minimum absolute atomic E-state index is 0.421. The van der Waals surface area contributed by atoms with E-state index in [2.05, 4.69) is 31.2 Å². The van der Waals surface area contributed by atoms with Crippen molar-refractivity contribution in [2.24, 2.45) is 0 Å². The van der Waals surface area contributed by atoms with Crippen molar-refractivity contribution < 1.29 is 9.84 Å². The van der Waals surface area contributed by atoms with Crippen LogP contribution in [-0.2, 0) is 0 Å². The van der Waals surface area contributed by atoms with Crippen molar-refractivity contribution >= 4 is 21.9 Å². The van der Waals surface area contributed by atoms with E-state index in [1.54, 1.807) is 13.3 Å². The maximum atomic E-state index is 10.1. The van der Waals surface area contributed by atoms with Crippen molar-refractivity contribution in [3.8, 4) is 5.88 Å². The summed E-state index contributed by atoms with van der Waals surface area (Å²) in [6.45, 7) is 4.33. The predicted octanol–water partition coefficient (Wildman–Crippen LogP) is 2.21. The number of ether oxygens (including phenoxy) is 1. The Morgan fingerprint density at radius 1 is 1.47 bits per heavy atom. The van der Waals surface area contributed by atoms with Crippen LogP contribution >= 0.6 is 15.9 Å². The Kier molecular flexibility index (Phi) is 5.14. The molecule has 2 N–H and O–H groups in total.